The number of hydrogen-bond donors (Lipinski definition) is 1. The number of nitrogens with zero attached hydrogens (tertiary/aromatic N) is 1. The second kappa shape index (κ2) is 4.93. The molecule has 16 heavy (non-hydrogen) atoms. The lowest BCUT2D eigenvalue weighted by atomic mass is 10.0. The van der Waals surface area contributed by atoms with Crippen LogP contribution in [-0.2, 0) is 0 Å². The van der Waals surface area contributed by atoms with Gasteiger partial charge in [0.2, 0.25) is 0 Å². The van der Waals surface area contributed by atoms with E-state index in [2.05, 4.69) is 11.8 Å². The van der Waals surface area contributed by atoms with Crippen LogP contribution in [0.15, 0.2) is 24.3 Å². The Balaban J connectivity index is 2.22. The Morgan fingerprint density at radius 3 is 3.00 bits per heavy atom. The Kier molecular flexibility index (Phi) is 3.56. The van der Waals surface area contributed by atoms with Crippen molar-refractivity contribution in [3.8, 4) is 0 Å². The fourth-order valence-electron chi connectivity index (χ4n) is 2.57. The van der Waals surface area contributed by atoms with Gasteiger partial charge in [0, 0.05) is 12.6 Å². The van der Waals surface area contributed by atoms with Crippen LogP contribution in [0.2, 0.25) is 0 Å². The smallest absolute Gasteiger partial charge is 0.123 e. The molecule has 0 bridgehead atoms. The van der Waals surface area contributed by atoms with E-state index in [1.807, 2.05) is 6.07 Å². The maximum Gasteiger partial charge on any atom is 0.123 e. The molecule has 0 unspecified atom stereocenters. The summed E-state index contributed by atoms with van der Waals surface area (Å²) in [5, 5.41) is 0. The third-order valence-corrected chi connectivity index (χ3v) is 3.25. The average Bonchev–Trinajstić information content (AvgIpc) is 2.60. The minimum atomic E-state index is -0.173. The fraction of sp³-hybridized carbons (Fsp3) is 0.538. The first kappa shape index (κ1) is 11.6. The zero-order valence-electron chi connectivity index (χ0n) is 9.70. The van der Waals surface area contributed by atoms with Crippen molar-refractivity contribution in [1.82, 2.24) is 4.90 Å². The molecule has 1 aliphatic heterocycles. The van der Waals surface area contributed by atoms with Gasteiger partial charge in [0.15, 0.2) is 0 Å². The molecule has 0 aromatic heterocycles. The Bertz CT molecular complexity index is 352. The van der Waals surface area contributed by atoms with Crippen LogP contribution in [-0.4, -0.2) is 24.0 Å². The molecule has 3 heteroatoms. The monoisotopic (exact) mass is 222 g/mol. The lowest BCUT2D eigenvalue weighted by Crippen LogP contribution is -2.32. The highest BCUT2D eigenvalue weighted by molar-refractivity contribution is 5.23. The summed E-state index contributed by atoms with van der Waals surface area (Å²) in [6, 6.07) is 7.15. The van der Waals surface area contributed by atoms with Crippen LogP contribution in [0.25, 0.3) is 0 Å². The number of nitrogens with two attached hydrogens (primary N) is 1. The van der Waals surface area contributed by atoms with E-state index in [0.717, 1.165) is 31.5 Å². The zero-order valence-corrected chi connectivity index (χ0v) is 9.70. The predicted molar refractivity (Wildman–Crippen MR) is 63.6 cm³/mol. The molecule has 1 heterocycles. The summed E-state index contributed by atoms with van der Waals surface area (Å²) < 4.78 is 13.2. The Morgan fingerprint density at radius 2 is 2.31 bits per heavy atom. The molecule has 1 fully saturated rings. The maximum atomic E-state index is 13.2. The first-order chi connectivity index (χ1) is 7.72. The van der Waals surface area contributed by atoms with Crippen molar-refractivity contribution in [3.63, 3.8) is 0 Å². The van der Waals surface area contributed by atoms with Gasteiger partial charge in [0.05, 0.1) is 6.04 Å². The molecule has 88 valence electrons. The lowest BCUT2D eigenvalue weighted by Gasteiger charge is -2.26. The molecule has 2 atom stereocenters. The van der Waals surface area contributed by atoms with E-state index in [0.29, 0.717) is 0 Å². The van der Waals surface area contributed by atoms with E-state index in [9.17, 15) is 4.39 Å². The van der Waals surface area contributed by atoms with Gasteiger partial charge >= 0.3 is 0 Å². The van der Waals surface area contributed by atoms with Crippen molar-refractivity contribution >= 4 is 0 Å². The number of likely N-dealkylation sites (tertiary alicyclic amines) is 1. The van der Waals surface area contributed by atoms with Crippen molar-refractivity contribution in [3.05, 3.63) is 35.6 Å². The molecule has 0 saturated carbocycles. The number of halogens is 1. The quantitative estimate of drug-likeness (QED) is 0.850. The minimum absolute atomic E-state index is 0.133. The van der Waals surface area contributed by atoms with Crippen LogP contribution in [0.3, 0.4) is 0 Å². The molecule has 1 saturated heterocycles. The van der Waals surface area contributed by atoms with Crippen LogP contribution in [0.4, 0.5) is 4.39 Å². The van der Waals surface area contributed by atoms with Gasteiger partial charge in [0.1, 0.15) is 5.82 Å². The van der Waals surface area contributed by atoms with Gasteiger partial charge in [-0.25, -0.2) is 4.39 Å². The van der Waals surface area contributed by atoms with Crippen LogP contribution in [0.5, 0.6) is 0 Å². The fourth-order valence-corrected chi connectivity index (χ4v) is 2.57. The van der Waals surface area contributed by atoms with E-state index in [1.165, 1.54) is 6.07 Å². The third kappa shape index (κ3) is 2.25. The summed E-state index contributed by atoms with van der Waals surface area (Å²) in [6.45, 7) is 4.22. The SMILES string of the molecule is CCCN1CC[C@@H](N)[C@@H]1c1cccc(F)c1. The summed E-state index contributed by atoms with van der Waals surface area (Å²) in [7, 11) is 0. The Hall–Kier alpha value is -0.930. The molecular formula is C13H19FN2. The highest BCUT2D eigenvalue weighted by Crippen LogP contribution is 2.31. The van der Waals surface area contributed by atoms with Crippen LogP contribution >= 0.6 is 0 Å². The summed E-state index contributed by atoms with van der Waals surface area (Å²) >= 11 is 0. The van der Waals surface area contributed by atoms with Crippen molar-refractivity contribution in [2.75, 3.05) is 13.1 Å². The topological polar surface area (TPSA) is 29.3 Å². The van der Waals surface area contributed by atoms with Gasteiger partial charge in [-0.2, -0.15) is 0 Å². The van der Waals surface area contributed by atoms with Gasteiger partial charge in [-0.1, -0.05) is 19.1 Å². The molecule has 1 aromatic rings. The van der Waals surface area contributed by atoms with Crippen LogP contribution in [0, 0.1) is 5.82 Å². The maximum absolute atomic E-state index is 13.2. The van der Waals surface area contributed by atoms with Crippen LogP contribution in [0.1, 0.15) is 31.4 Å². The first-order valence-electron chi connectivity index (χ1n) is 5.97. The van der Waals surface area contributed by atoms with Gasteiger partial charge < -0.3 is 5.73 Å². The Morgan fingerprint density at radius 1 is 1.50 bits per heavy atom. The standard InChI is InChI=1S/C13H19FN2/c1-2-7-16-8-6-12(15)13(16)10-4-3-5-11(14)9-10/h3-5,9,12-13H,2,6-8,15H2,1H3/t12-,13+/m1/s1. The second-order valence-corrected chi connectivity index (χ2v) is 4.49. The number of benzene rings is 1. The van der Waals surface area contributed by atoms with Gasteiger partial charge in [-0.05, 0) is 37.1 Å². The van der Waals surface area contributed by atoms with E-state index in [1.54, 1.807) is 12.1 Å². The summed E-state index contributed by atoms with van der Waals surface area (Å²) in [5.74, 6) is -0.173. The lowest BCUT2D eigenvalue weighted by molar-refractivity contribution is 0.248. The molecule has 0 amide bonds. The van der Waals surface area contributed by atoms with Crippen molar-refractivity contribution in [2.45, 2.75) is 31.8 Å². The van der Waals surface area contributed by atoms with E-state index < -0.39 is 0 Å². The van der Waals surface area contributed by atoms with Crippen LogP contribution < -0.4 is 5.73 Å². The highest BCUT2D eigenvalue weighted by atomic mass is 19.1. The normalized spacial score (nSPS) is 26.2. The Labute approximate surface area is 96.2 Å². The van der Waals surface area contributed by atoms with E-state index >= 15 is 0 Å². The van der Waals surface area contributed by atoms with Crippen molar-refractivity contribution in [2.24, 2.45) is 5.73 Å². The summed E-state index contributed by atoms with van der Waals surface area (Å²) in [4.78, 5) is 2.36. The molecule has 2 nitrogen and oxygen atoms in total. The second-order valence-electron chi connectivity index (χ2n) is 4.49. The number of rotatable bonds is 3. The minimum Gasteiger partial charge on any atom is -0.326 e. The van der Waals surface area contributed by atoms with Gasteiger partial charge in [0.25, 0.3) is 0 Å². The van der Waals surface area contributed by atoms with E-state index in [-0.39, 0.29) is 17.9 Å². The van der Waals surface area contributed by atoms with Crippen molar-refractivity contribution < 1.29 is 4.39 Å². The molecule has 0 radical (unpaired) electrons. The molecule has 2 rings (SSSR count). The first-order valence-corrected chi connectivity index (χ1v) is 5.97. The van der Waals surface area contributed by atoms with Crippen molar-refractivity contribution in [1.29, 1.82) is 0 Å². The summed E-state index contributed by atoms with van der Waals surface area (Å²) in [6.07, 6.45) is 2.11. The molecule has 1 aliphatic rings. The summed E-state index contributed by atoms with van der Waals surface area (Å²) in [5.41, 5.74) is 7.13. The molecule has 2 N–H and O–H groups in total. The molecule has 1 aromatic carbocycles. The van der Waals surface area contributed by atoms with Gasteiger partial charge in [-0.3, -0.25) is 4.90 Å². The van der Waals surface area contributed by atoms with Gasteiger partial charge in [-0.15, -0.1) is 0 Å². The predicted octanol–water partition coefficient (Wildman–Crippen LogP) is 2.31. The van der Waals surface area contributed by atoms with E-state index in [4.69, 9.17) is 5.73 Å². The highest BCUT2D eigenvalue weighted by Gasteiger charge is 2.32. The third-order valence-electron chi connectivity index (χ3n) is 3.25. The largest absolute Gasteiger partial charge is 0.326 e. The molecular weight excluding hydrogens is 203 g/mol. The molecule has 0 aliphatic carbocycles. The zero-order chi connectivity index (χ0) is 11.5. The number of hydrogen-bond acceptors (Lipinski definition) is 2. The molecule has 0 spiro atoms. The average molecular weight is 222 g/mol.